The first kappa shape index (κ1) is 14.8. The van der Waals surface area contributed by atoms with Crippen LogP contribution in [0.3, 0.4) is 0 Å². The first-order valence-corrected chi connectivity index (χ1v) is 7.37. The third-order valence-electron chi connectivity index (χ3n) is 3.83. The van der Waals surface area contributed by atoms with Crippen LogP contribution in [-0.4, -0.2) is 40.4 Å². The van der Waals surface area contributed by atoms with Gasteiger partial charge in [-0.2, -0.15) is 0 Å². The van der Waals surface area contributed by atoms with Crippen LogP contribution in [0.25, 0.3) is 0 Å². The second kappa shape index (κ2) is 6.20. The molecule has 0 aromatic carbocycles. The van der Waals surface area contributed by atoms with E-state index in [4.69, 9.17) is 0 Å². The number of carbonyl (C=O) groups is 1. The monoisotopic (exact) mass is 276 g/mol. The Morgan fingerprint density at radius 3 is 2.55 bits per heavy atom. The molecule has 5 heteroatoms. The van der Waals surface area contributed by atoms with Gasteiger partial charge in [-0.1, -0.05) is 20.8 Å². The zero-order valence-electron chi connectivity index (χ0n) is 12.6. The van der Waals surface area contributed by atoms with E-state index < -0.39 is 0 Å². The number of hydrogen-bond donors (Lipinski definition) is 1. The van der Waals surface area contributed by atoms with Gasteiger partial charge in [-0.15, -0.1) is 0 Å². The molecule has 1 aliphatic heterocycles. The van der Waals surface area contributed by atoms with Crippen molar-refractivity contribution in [2.24, 2.45) is 5.41 Å². The number of nitrogens with one attached hydrogen (secondary N) is 1. The fourth-order valence-electron chi connectivity index (χ4n) is 2.26. The molecule has 1 saturated heterocycles. The standard InChI is InChI=1S/C15H24N4O/c1-4-7-16-13-11-17-12(10-18-13)14(20)19-8-5-15(2,3)6-9-19/h10-11H,4-9H2,1-3H3,(H,16,18). The molecule has 2 heterocycles. The van der Waals surface area contributed by atoms with Gasteiger partial charge in [0.1, 0.15) is 11.5 Å². The highest BCUT2D eigenvalue weighted by Crippen LogP contribution is 2.30. The van der Waals surface area contributed by atoms with Crippen molar-refractivity contribution in [2.45, 2.75) is 40.0 Å². The number of carbonyl (C=O) groups excluding carboxylic acids is 1. The van der Waals surface area contributed by atoms with Crippen molar-refractivity contribution in [1.82, 2.24) is 14.9 Å². The summed E-state index contributed by atoms with van der Waals surface area (Å²) in [6.07, 6.45) is 6.33. The summed E-state index contributed by atoms with van der Waals surface area (Å²) in [5, 5.41) is 3.15. The molecule has 1 N–H and O–H groups in total. The Morgan fingerprint density at radius 1 is 1.30 bits per heavy atom. The molecule has 0 atom stereocenters. The van der Waals surface area contributed by atoms with E-state index in [1.54, 1.807) is 12.4 Å². The van der Waals surface area contributed by atoms with Gasteiger partial charge >= 0.3 is 0 Å². The van der Waals surface area contributed by atoms with Gasteiger partial charge in [0, 0.05) is 19.6 Å². The smallest absolute Gasteiger partial charge is 0.274 e. The molecule has 0 radical (unpaired) electrons. The Labute approximate surface area is 120 Å². The number of piperidine rings is 1. The Hall–Kier alpha value is -1.65. The van der Waals surface area contributed by atoms with E-state index in [1.165, 1.54) is 0 Å². The lowest BCUT2D eigenvalue weighted by molar-refractivity contribution is 0.0624. The van der Waals surface area contributed by atoms with Gasteiger partial charge < -0.3 is 10.2 Å². The molecule has 1 fully saturated rings. The molecule has 20 heavy (non-hydrogen) atoms. The molecule has 1 aliphatic rings. The lowest BCUT2D eigenvalue weighted by Gasteiger charge is -2.36. The van der Waals surface area contributed by atoms with E-state index >= 15 is 0 Å². The molecule has 0 bridgehead atoms. The van der Waals surface area contributed by atoms with E-state index in [0.717, 1.165) is 44.7 Å². The SMILES string of the molecule is CCCNc1cnc(C(=O)N2CCC(C)(C)CC2)cn1. The molecule has 1 aromatic rings. The summed E-state index contributed by atoms with van der Waals surface area (Å²) in [6.45, 7) is 9.08. The van der Waals surface area contributed by atoms with Crippen LogP contribution in [0.15, 0.2) is 12.4 Å². The van der Waals surface area contributed by atoms with E-state index in [0.29, 0.717) is 11.1 Å². The minimum atomic E-state index is -0.00459. The van der Waals surface area contributed by atoms with Crippen LogP contribution in [0, 0.1) is 5.41 Å². The van der Waals surface area contributed by atoms with Crippen molar-refractivity contribution in [3.05, 3.63) is 18.1 Å². The highest BCUT2D eigenvalue weighted by Gasteiger charge is 2.28. The largest absolute Gasteiger partial charge is 0.369 e. The first-order valence-electron chi connectivity index (χ1n) is 7.37. The van der Waals surface area contributed by atoms with Gasteiger partial charge in [0.05, 0.1) is 12.4 Å². The Morgan fingerprint density at radius 2 is 2.00 bits per heavy atom. The normalized spacial score (nSPS) is 17.9. The number of likely N-dealkylation sites (tertiary alicyclic amines) is 1. The average Bonchev–Trinajstić information content (AvgIpc) is 2.45. The highest BCUT2D eigenvalue weighted by atomic mass is 16.2. The van der Waals surface area contributed by atoms with Gasteiger partial charge in [-0.25, -0.2) is 9.97 Å². The van der Waals surface area contributed by atoms with Crippen LogP contribution in [0.1, 0.15) is 50.5 Å². The molecule has 0 spiro atoms. The van der Waals surface area contributed by atoms with Gasteiger partial charge in [0.2, 0.25) is 0 Å². The summed E-state index contributed by atoms with van der Waals surface area (Å²) in [6, 6.07) is 0. The third-order valence-corrected chi connectivity index (χ3v) is 3.83. The van der Waals surface area contributed by atoms with Crippen LogP contribution < -0.4 is 5.32 Å². The molecule has 110 valence electrons. The molecule has 1 aromatic heterocycles. The molecular formula is C15H24N4O. The van der Waals surface area contributed by atoms with Crippen molar-refractivity contribution >= 4 is 11.7 Å². The lowest BCUT2D eigenvalue weighted by atomic mass is 9.82. The van der Waals surface area contributed by atoms with Gasteiger partial charge in [-0.3, -0.25) is 4.79 Å². The van der Waals surface area contributed by atoms with Crippen molar-refractivity contribution in [3.63, 3.8) is 0 Å². The van der Waals surface area contributed by atoms with E-state index in [1.807, 2.05) is 4.90 Å². The molecule has 2 rings (SSSR count). The number of amides is 1. The van der Waals surface area contributed by atoms with E-state index in [9.17, 15) is 4.79 Å². The van der Waals surface area contributed by atoms with Crippen molar-refractivity contribution in [1.29, 1.82) is 0 Å². The van der Waals surface area contributed by atoms with Crippen LogP contribution >= 0.6 is 0 Å². The maximum Gasteiger partial charge on any atom is 0.274 e. The summed E-state index contributed by atoms with van der Waals surface area (Å²) in [7, 11) is 0. The van der Waals surface area contributed by atoms with Crippen molar-refractivity contribution < 1.29 is 4.79 Å². The predicted molar refractivity (Wildman–Crippen MR) is 79.7 cm³/mol. The average molecular weight is 276 g/mol. The minimum absolute atomic E-state index is 0.00459. The zero-order valence-corrected chi connectivity index (χ0v) is 12.6. The Balaban J connectivity index is 1.96. The van der Waals surface area contributed by atoms with Gasteiger partial charge in [-0.05, 0) is 24.7 Å². The molecule has 0 saturated carbocycles. The number of anilines is 1. The second-order valence-corrected chi connectivity index (χ2v) is 6.17. The highest BCUT2D eigenvalue weighted by molar-refractivity contribution is 5.92. The first-order chi connectivity index (χ1) is 9.52. The number of hydrogen-bond acceptors (Lipinski definition) is 4. The van der Waals surface area contributed by atoms with Gasteiger partial charge in [0.15, 0.2) is 0 Å². The fraction of sp³-hybridized carbons (Fsp3) is 0.667. The van der Waals surface area contributed by atoms with Crippen LogP contribution in [0.4, 0.5) is 5.82 Å². The topological polar surface area (TPSA) is 58.1 Å². The Bertz CT molecular complexity index is 445. The zero-order chi connectivity index (χ0) is 14.6. The predicted octanol–water partition coefficient (Wildman–Crippen LogP) is 2.56. The Kier molecular flexibility index (Phi) is 4.57. The maximum atomic E-state index is 12.3. The minimum Gasteiger partial charge on any atom is -0.369 e. The molecule has 1 amide bonds. The molecule has 5 nitrogen and oxygen atoms in total. The number of rotatable bonds is 4. The summed E-state index contributed by atoms with van der Waals surface area (Å²) >= 11 is 0. The van der Waals surface area contributed by atoms with E-state index in [2.05, 4.69) is 36.1 Å². The summed E-state index contributed by atoms with van der Waals surface area (Å²) < 4.78 is 0. The van der Waals surface area contributed by atoms with Crippen molar-refractivity contribution in [3.8, 4) is 0 Å². The van der Waals surface area contributed by atoms with Crippen LogP contribution in [0.2, 0.25) is 0 Å². The quantitative estimate of drug-likeness (QED) is 0.918. The maximum absolute atomic E-state index is 12.3. The third kappa shape index (κ3) is 3.68. The second-order valence-electron chi connectivity index (χ2n) is 6.17. The van der Waals surface area contributed by atoms with Crippen LogP contribution in [0.5, 0.6) is 0 Å². The number of nitrogens with zero attached hydrogens (tertiary/aromatic N) is 3. The van der Waals surface area contributed by atoms with Crippen LogP contribution in [-0.2, 0) is 0 Å². The molecular weight excluding hydrogens is 252 g/mol. The molecule has 0 aliphatic carbocycles. The van der Waals surface area contributed by atoms with Gasteiger partial charge in [0.25, 0.3) is 5.91 Å². The van der Waals surface area contributed by atoms with E-state index in [-0.39, 0.29) is 5.91 Å². The summed E-state index contributed by atoms with van der Waals surface area (Å²) in [5.74, 6) is 0.721. The summed E-state index contributed by atoms with van der Waals surface area (Å²) in [5.41, 5.74) is 0.780. The van der Waals surface area contributed by atoms with Crippen molar-refractivity contribution in [2.75, 3.05) is 25.0 Å². The molecule has 0 unspecified atom stereocenters. The lowest BCUT2D eigenvalue weighted by Crippen LogP contribution is -2.41. The number of aromatic nitrogens is 2. The fourth-order valence-corrected chi connectivity index (χ4v) is 2.26. The summed E-state index contributed by atoms with van der Waals surface area (Å²) in [4.78, 5) is 22.7.